The smallest absolute Gasteiger partial charge is 0.145 e. The van der Waals surface area contributed by atoms with Gasteiger partial charge in [0.1, 0.15) is 23.0 Å². The lowest BCUT2D eigenvalue weighted by molar-refractivity contribution is 0.482. The SMILES string of the molecule is Cc1nn(-c2ccccc2)c(C)c1-c1ccnc(N(c2ccccc2)c2cccc(Oc3cccc(-n4c5ccccc5c5cccnc54)c3)c2)c1. The summed E-state index contributed by atoms with van der Waals surface area (Å²) in [4.78, 5) is 11.8. The summed E-state index contributed by atoms with van der Waals surface area (Å²) in [5.74, 6) is 2.22. The van der Waals surface area contributed by atoms with E-state index in [2.05, 4.69) is 114 Å². The highest BCUT2D eigenvalue weighted by Gasteiger charge is 2.19. The molecule has 7 nitrogen and oxygen atoms in total. The molecule has 9 rings (SSSR count). The first-order valence-electron chi connectivity index (χ1n) is 17.3. The van der Waals surface area contributed by atoms with Crippen LogP contribution in [-0.2, 0) is 0 Å². The van der Waals surface area contributed by atoms with Gasteiger partial charge in [0.15, 0.2) is 0 Å². The molecule has 0 radical (unpaired) electrons. The van der Waals surface area contributed by atoms with E-state index in [0.717, 1.165) is 73.4 Å². The Kier molecular flexibility index (Phi) is 7.78. The first kappa shape index (κ1) is 31.0. The molecule has 0 saturated carbocycles. The van der Waals surface area contributed by atoms with Crippen LogP contribution in [0.2, 0.25) is 0 Å². The van der Waals surface area contributed by atoms with Gasteiger partial charge in [-0.15, -0.1) is 0 Å². The van der Waals surface area contributed by atoms with Crippen LogP contribution in [0.25, 0.3) is 44.4 Å². The number of benzene rings is 5. The first-order valence-corrected chi connectivity index (χ1v) is 17.3. The average molecular weight is 675 g/mol. The van der Waals surface area contributed by atoms with E-state index >= 15 is 0 Å². The second-order valence-corrected chi connectivity index (χ2v) is 12.7. The quantitative estimate of drug-likeness (QED) is 0.161. The molecule has 250 valence electrons. The van der Waals surface area contributed by atoms with E-state index in [0.29, 0.717) is 5.75 Å². The lowest BCUT2D eigenvalue weighted by Crippen LogP contribution is -2.11. The Labute approximate surface area is 301 Å². The summed E-state index contributed by atoms with van der Waals surface area (Å²) in [6.45, 7) is 4.18. The van der Waals surface area contributed by atoms with Gasteiger partial charge in [0, 0.05) is 52.2 Å². The molecule has 9 aromatic rings. The second kappa shape index (κ2) is 13.0. The molecule has 0 unspecified atom stereocenters. The molecule has 0 fully saturated rings. The molecular weight excluding hydrogens is 641 g/mol. The number of aryl methyl sites for hydroxylation is 1. The molecule has 0 amide bonds. The third-order valence-electron chi connectivity index (χ3n) is 9.39. The molecule has 0 spiro atoms. The van der Waals surface area contributed by atoms with Crippen molar-refractivity contribution < 1.29 is 4.74 Å². The van der Waals surface area contributed by atoms with Gasteiger partial charge in [0.05, 0.1) is 28.3 Å². The van der Waals surface area contributed by atoms with Crippen LogP contribution < -0.4 is 9.64 Å². The van der Waals surface area contributed by atoms with Crippen molar-refractivity contribution in [2.45, 2.75) is 13.8 Å². The maximum absolute atomic E-state index is 6.58. The Bertz CT molecular complexity index is 2640. The van der Waals surface area contributed by atoms with Gasteiger partial charge in [0.25, 0.3) is 0 Å². The first-order chi connectivity index (χ1) is 25.6. The number of ether oxygens (including phenoxy) is 1. The predicted octanol–water partition coefficient (Wildman–Crippen LogP) is 11.3. The number of pyridine rings is 2. The minimum Gasteiger partial charge on any atom is -0.457 e. The fourth-order valence-electron chi connectivity index (χ4n) is 7.13. The molecule has 5 aromatic carbocycles. The second-order valence-electron chi connectivity index (χ2n) is 12.7. The number of aromatic nitrogens is 5. The van der Waals surface area contributed by atoms with Crippen molar-refractivity contribution in [1.29, 1.82) is 0 Å². The van der Waals surface area contributed by atoms with Gasteiger partial charge in [-0.25, -0.2) is 14.6 Å². The van der Waals surface area contributed by atoms with E-state index in [1.165, 1.54) is 5.39 Å². The van der Waals surface area contributed by atoms with Gasteiger partial charge in [-0.1, -0.05) is 66.7 Å². The summed E-state index contributed by atoms with van der Waals surface area (Å²) in [5, 5.41) is 7.19. The van der Waals surface area contributed by atoms with E-state index in [1.807, 2.05) is 83.8 Å². The van der Waals surface area contributed by atoms with Crippen molar-refractivity contribution in [3.63, 3.8) is 0 Å². The lowest BCUT2D eigenvalue weighted by Gasteiger charge is -2.25. The summed E-state index contributed by atoms with van der Waals surface area (Å²) in [6, 6.07) is 53.5. The number of hydrogen-bond acceptors (Lipinski definition) is 5. The van der Waals surface area contributed by atoms with E-state index in [1.54, 1.807) is 0 Å². The van der Waals surface area contributed by atoms with Gasteiger partial charge in [0.2, 0.25) is 0 Å². The van der Waals surface area contributed by atoms with Crippen LogP contribution >= 0.6 is 0 Å². The van der Waals surface area contributed by atoms with E-state index in [-0.39, 0.29) is 0 Å². The van der Waals surface area contributed by atoms with Gasteiger partial charge >= 0.3 is 0 Å². The Morgan fingerprint density at radius 1 is 0.558 bits per heavy atom. The average Bonchev–Trinajstić information content (AvgIpc) is 3.69. The topological polar surface area (TPSA) is 61.0 Å². The van der Waals surface area contributed by atoms with E-state index < -0.39 is 0 Å². The van der Waals surface area contributed by atoms with Gasteiger partial charge < -0.3 is 4.74 Å². The molecule has 0 aliphatic heterocycles. The van der Waals surface area contributed by atoms with Crippen molar-refractivity contribution in [2.24, 2.45) is 0 Å². The molecule has 0 aliphatic rings. The van der Waals surface area contributed by atoms with Crippen LogP contribution in [0.4, 0.5) is 17.2 Å². The zero-order chi connectivity index (χ0) is 35.0. The van der Waals surface area contributed by atoms with Crippen molar-refractivity contribution in [3.8, 4) is 34.0 Å². The molecule has 7 heteroatoms. The number of anilines is 3. The highest BCUT2D eigenvalue weighted by Crippen LogP contribution is 2.39. The van der Waals surface area contributed by atoms with Crippen molar-refractivity contribution >= 4 is 39.1 Å². The standard InChI is InChI=1S/C45H34N6O/c1-31-44(32(2)51(48-31)35-16-7-4-8-17-35)33-25-27-46-43(28-33)49(34-14-5-3-6-15-34)36-18-11-20-38(29-36)52-39-21-12-19-37(30-39)50-42-24-10-9-22-40(42)41-23-13-26-47-45(41)50/h3-30H,1-2H3. The molecule has 0 atom stereocenters. The monoisotopic (exact) mass is 674 g/mol. The van der Waals surface area contributed by atoms with Gasteiger partial charge in [-0.2, -0.15) is 5.10 Å². The zero-order valence-electron chi connectivity index (χ0n) is 28.8. The number of para-hydroxylation sites is 3. The Balaban J connectivity index is 1.08. The Hall–Kier alpha value is -6.99. The predicted molar refractivity (Wildman–Crippen MR) is 210 cm³/mol. The molecule has 0 N–H and O–H groups in total. The maximum Gasteiger partial charge on any atom is 0.145 e. The molecule has 52 heavy (non-hydrogen) atoms. The molecule has 4 aromatic heterocycles. The summed E-state index contributed by atoms with van der Waals surface area (Å²) < 4.78 is 10.8. The molecule has 0 saturated heterocycles. The van der Waals surface area contributed by atoms with Crippen LogP contribution in [-0.4, -0.2) is 24.3 Å². The highest BCUT2D eigenvalue weighted by molar-refractivity contribution is 6.07. The molecule has 0 bridgehead atoms. The third kappa shape index (κ3) is 5.54. The van der Waals surface area contributed by atoms with E-state index in [9.17, 15) is 0 Å². The zero-order valence-corrected chi connectivity index (χ0v) is 28.8. The molecular formula is C45H34N6O. The Morgan fingerprint density at radius 3 is 2.10 bits per heavy atom. The van der Waals surface area contributed by atoms with Crippen LogP contribution in [0.15, 0.2) is 170 Å². The lowest BCUT2D eigenvalue weighted by atomic mass is 10.0. The summed E-state index contributed by atoms with van der Waals surface area (Å²) in [6.07, 6.45) is 3.71. The van der Waals surface area contributed by atoms with Crippen molar-refractivity contribution in [2.75, 3.05) is 4.90 Å². The minimum atomic E-state index is 0.711. The van der Waals surface area contributed by atoms with Gasteiger partial charge in [-0.3, -0.25) is 9.47 Å². The molecule has 0 aliphatic carbocycles. The largest absolute Gasteiger partial charge is 0.457 e. The number of rotatable bonds is 8. The summed E-state index contributed by atoms with van der Waals surface area (Å²) in [7, 11) is 0. The number of fused-ring (bicyclic) bond motifs is 3. The maximum atomic E-state index is 6.58. The fraction of sp³-hybridized carbons (Fsp3) is 0.0444. The van der Waals surface area contributed by atoms with Crippen LogP contribution in [0.5, 0.6) is 11.5 Å². The summed E-state index contributed by atoms with van der Waals surface area (Å²) >= 11 is 0. The van der Waals surface area contributed by atoms with Crippen molar-refractivity contribution in [3.05, 3.63) is 182 Å². The molecule has 4 heterocycles. The van der Waals surface area contributed by atoms with Crippen molar-refractivity contribution in [1.82, 2.24) is 24.3 Å². The summed E-state index contributed by atoms with van der Waals surface area (Å²) in [5.41, 5.74) is 10.1. The Morgan fingerprint density at radius 2 is 1.25 bits per heavy atom. The van der Waals surface area contributed by atoms with Crippen LogP contribution in [0.1, 0.15) is 11.4 Å². The van der Waals surface area contributed by atoms with Crippen LogP contribution in [0.3, 0.4) is 0 Å². The third-order valence-corrected chi connectivity index (χ3v) is 9.39. The van der Waals surface area contributed by atoms with Gasteiger partial charge in [-0.05, 0) is 98.3 Å². The van der Waals surface area contributed by atoms with E-state index in [4.69, 9.17) is 19.8 Å². The number of nitrogens with zero attached hydrogens (tertiary/aromatic N) is 6. The minimum absolute atomic E-state index is 0.711. The highest BCUT2D eigenvalue weighted by atomic mass is 16.5. The number of hydrogen-bond donors (Lipinski definition) is 0. The van der Waals surface area contributed by atoms with Crippen LogP contribution in [0, 0.1) is 13.8 Å². The fourth-order valence-corrected chi connectivity index (χ4v) is 7.13. The normalized spacial score (nSPS) is 11.3.